The summed E-state index contributed by atoms with van der Waals surface area (Å²) in [5.41, 5.74) is -0.125. The minimum atomic E-state index is -4.61. The first-order valence-corrected chi connectivity index (χ1v) is 12.8. The van der Waals surface area contributed by atoms with E-state index in [1.807, 2.05) is 0 Å². The highest BCUT2D eigenvalue weighted by atomic mass is 35.5. The van der Waals surface area contributed by atoms with Gasteiger partial charge in [0.2, 0.25) is 11.8 Å². The van der Waals surface area contributed by atoms with Crippen molar-refractivity contribution in [2.75, 3.05) is 18.4 Å². The lowest BCUT2D eigenvalue weighted by atomic mass is 9.84. The minimum absolute atomic E-state index is 0.0191. The molecular formula is C28H19ClF3N5O4. The zero-order valence-corrected chi connectivity index (χ0v) is 21.6. The van der Waals surface area contributed by atoms with Crippen molar-refractivity contribution >= 4 is 46.5 Å². The number of nitrogens with one attached hydrogen (secondary N) is 1. The SMILES string of the molecule is O=C1C(C2=N[C@H](c3ccccn3)[C@H]3C(=O)N(CCNc4ncc(C(F)(F)F)cc4Cl)C(=O)[C@@H]23)=C(O)c2ccccc21. The summed E-state index contributed by atoms with van der Waals surface area (Å²) in [6.07, 6.45) is -2.46. The summed E-state index contributed by atoms with van der Waals surface area (Å²) in [5, 5.41) is 13.5. The van der Waals surface area contributed by atoms with E-state index in [9.17, 15) is 32.7 Å². The number of imide groups is 1. The number of pyridine rings is 2. The molecule has 208 valence electrons. The summed E-state index contributed by atoms with van der Waals surface area (Å²) >= 11 is 5.95. The third-order valence-electron chi connectivity index (χ3n) is 7.29. The minimum Gasteiger partial charge on any atom is -0.506 e. The number of aliphatic imine (C=N–C) groups is 1. The number of likely N-dealkylation sites (tertiary alicyclic amines) is 1. The molecule has 9 nitrogen and oxygen atoms in total. The Hall–Kier alpha value is -4.58. The van der Waals surface area contributed by atoms with Crippen LogP contribution in [0.1, 0.15) is 33.2 Å². The zero-order chi connectivity index (χ0) is 29.1. The average molecular weight is 582 g/mol. The Bertz CT molecular complexity index is 1670. The van der Waals surface area contributed by atoms with Crippen LogP contribution in [0.5, 0.6) is 0 Å². The first-order chi connectivity index (χ1) is 19.6. The van der Waals surface area contributed by atoms with Crippen LogP contribution >= 0.6 is 11.6 Å². The van der Waals surface area contributed by atoms with Gasteiger partial charge in [0, 0.05) is 36.6 Å². The number of rotatable bonds is 6. The fourth-order valence-electron chi connectivity index (χ4n) is 5.42. The van der Waals surface area contributed by atoms with E-state index in [0.717, 1.165) is 11.0 Å². The maximum absolute atomic E-state index is 13.7. The molecule has 2 amide bonds. The molecule has 3 atom stereocenters. The molecule has 0 spiro atoms. The molecule has 3 aromatic rings. The molecule has 1 fully saturated rings. The topological polar surface area (TPSA) is 125 Å². The van der Waals surface area contributed by atoms with Gasteiger partial charge in [-0.05, 0) is 18.2 Å². The van der Waals surface area contributed by atoms with Crippen molar-refractivity contribution in [2.45, 2.75) is 12.2 Å². The number of amides is 2. The fourth-order valence-corrected chi connectivity index (χ4v) is 5.65. The number of carbonyl (C=O) groups is 3. The van der Waals surface area contributed by atoms with Crippen LogP contribution in [0.4, 0.5) is 19.0 Å². The molecule has 41 heavy (non-hydrogen) atoms. The molecule has 1 aliphatic carbocycles. The predicted octanol–water partition coefficient (Wildman–Crippen LogP) is 4.52. The van der Waals surface area contributed by atoms with E-state index in [2.05, 4.69) is 20.3 Å². The molecule has 13 heteroatoms. The Morgan fingerprint density at radius 2 is 1.73 bits per heavy atom. The first-order valence-electron chi connectivity index (χ1n) is 12.5. The van der Waals surface area contributed by atoms with Gasteiger partial charge in [-0.2, -0.15) is 13.2 Å². The molecule has 0 bridgehead atoms. The van der Waals surface area contributed by atoms with E-state index < -0.39 is 47.2 Å². The van der Waals surface area contributed by atoms with Gasteiger partial charge in [0.1, 0.15) is 17.6 Å². The first kappa shape index (κ1) is 26.6. The number of hydrogen-bond acceptors (Lipinski definition) is 8. The highest BCUT2D eigenvalue weighted by Gasteiger charge is 2.59. The molecule has 4 heterocycles. The van der Waals surface area contributed by atoms with Gasteiger partial charge in [-0.25, -0.2) is 4.98 Å². The molecule has 3 aliphatic rings. The zero-order valence-electron chi connectivity index (χ0n) is 20.9. The Labute approximate surface area is 235 Å². The van der Waals surface area contributed by atoms with Crippen molar-refractivity contribution in [1.29, 1.82) is 0 Å². The summed E-state index contributed by atoms with van der Waals surface area (Å²) in [6, 6.07) is 11.4. The molecule has 0 saturated carbocycles. The van der Waals surface area contributed by atoms with Gasteiger partial charge in [-0.1, -0.05) is 41.9 Å². The Balaban J connectivity index is 1.29. The molecule has 0 unspecified atom stereocenters. The summed E-state index contributed by atoms with van der Waals surface area (Å²) in [7, 11) is 0. The van der Waals surface area contributed by atoms with E-state index in [-0.39, 0.29) is 46.5 Å². The number of hydrogen-bond donors (Lipinski definition) is 2. The van der Waals surface area contributed by atoms with Crippen LogP contribution in [0.2, 0.25) is 5.02 Å². The Morgan fingerprint density at radius 3 is 2.39 bits per heavy atom. The summed E-state index contributed by atoms with van der Waals surface area (Å²) in [6.45, 7) is -0.223. The molecule has 2 aromatic heterocycles. The number of fused-ring (bicyclic) bond motifs is 2. The monoisotopic (exact) mass is 581 g/mol. The largest absolute Gasteiger partial charge is 0.506 e. The van der Waals surface area contributed by atoms with Crippen LogP contribution in [0.25, 0.3) is 5.76 Å². The van der Waals surface area contributed by atoms with E-state index in [1.54, 1.807) is 42.5 Å². The fraction of sp³-hybridized carbons (Fsp3) is 0.214. The van der Waals surface area contributed by atoms with Crippen LogP contribution in [-0.4, -0.2) is 56.4 Å². The maximum Gasteiger partial charge on any atom is 0.417 e. The number of ketones is 1. The smallest absolute Gasteiger partial charge is 0.417 e. The normalized spacial score (nSPS) is 21.9. The number of carbonyl (C=O) groups excluding carboxylic acids is 3. The van der Waals surface area contributed by atoms with Gasteiger partial charge >= 0.3 is 6.18 Å². The van der Waals surface area contributed by atoms with E-state index in [0.29, 0.717) is 17.5 Å². The van der Waals surface area contributed by atoms with Gasteiger partial charge < -0.3 is 10.4 Å². The van der Waals surface area contributed by atoms with E-state index in [1.165, 1.54) is 6.20 Å². The van der Waals surface area contributed by atoms with Crippen molar-refractivity contribution in [2.24, 2.45) is 16.8 Å². The number of halogens is 4. The second-order valence-corrected chi connectivity index (χ2v) is 10.0. The second-order valence-electron chi connectivity index (χ2n) is 9.62. The van der Waals surface area contributed by atoms with Crippen LogP contribution in [-0.2, 0) is 15.8 Å². The van der Waals surface area contributed by atoms with Crippen molar-refractivity contribution in [3.63, 3.8) is 0 Å². The van der Waals surface area contributed by atoms with Crippen molar-refractivity contribution in [1.82, 2.24) is 14.9 Å². The number of Topliss-reactive ketones (excluding diaryl/α,β-unsaturated/α-hetero) is 1. The van der Waals surface area contributed by atoms with Crippen LogP contribution in [0, 0.1) is 11.8 Å². The van der Waals surface area contributed by atoms with Gasteiger partial charge in [-0.15, -0.1) is 0 Å². The summed E-state index contributed by atoms with van der Waals surface area (Å²) in [4.78, 5) is 54.3. The third kappa shape index (κ3) is 4.34. The number of anilines is 1. The molecule has 1 saturated heterocycles. The second kappa shape index (κ2) is 9.81. The quantitative estimate of drug-likeness (QED) is 0.410. The third-order valence-corrected chi connectivity index (χ3v) is 7.58. The molecule has 1 aromatic carbocycles. The average Bonchev–Trinajstić information content (AvgIpc) is 3.54. The van der Waals surface area contributed by atoms with Crippen LogP contribution in [0.3, 0.4) is 0 Å². The highest BCUT2D eigenvalue weighted by molar-refractivity contribution is 6.40. The van der Waals surface area contributed by atoms with Gasteiger partial charge in [0.25, 0.3) is 0 Å². The molecule has 6 rings (SSSR count). The van der Waals surface area contributed by atoms with Crippen LogP contribution < -0.4 is 5.32 Å². The molecular weight excluding hydrogens is 563 g/mol. The lowest BCUT2D eigenvalue weighted by molar-refractivity contribution is -0.140. The standard InChI is InChI=1S/C28H19ClF3N5O4/c29-16-11-13(28(30,31)32)12-35-25(16)34-9-10-37-26(40)18-19(27(37)41)22(36-21(18)17-7-3-4-8-33-17)20-23(38)14-5-1-2-6-15(14)24(20)39/h1-8,11-12,18-19,21,38H,9-10H2,(H,34,35)/t18-,19+,21+/m0/s1. The van der Waals surface area contributed by atoms with Crippen LogP contribution in [0.15, 0.2) is 71.5 Å². The van der Waals surface area contributed by atoms with Gasteiger partial charge in [0.15, 0.2) is 5.78 Å². The number of nitrogens with zero attached hydrogens (tertiary/aromatic N) is 4. The van der Waals surface area contributed by atoms with Gasteiger partial charge in [-0.3, -0.25) is 29.3 Å². The van der Waals surface area contributed by atoms with E-state index >= 15 is 0 Å². The van der Waals surface area contributed by atoms with Crippen molar-refractivity contribution in [3.8, 4) is 0 Å². The number of alkyl halides is 3. The highest BCUT2D eigenvalue weighted by Crippen LogP contribution is 2.48. The van der Waals surface area contributed by atoms with E-state index in [4.69, 9.17) is 11.6 Å². The Morgan fingerprint density at radius 1 is 1.00 bits per heavy atom. The predicted molar refractivity (Wildman–Crippen MR) is 141 cm³/mol. The number of benzene rings is 1. The number of aliphatic hydroxyl groups is 1. The molecule has 0 radical (unpaired) electrons. The summed E-state index contributed by atoms with van der Waals surface area (Å²) in [5.74, 6) is -4.17. The summed E-state index contributed by atoms with van der Waals surface area (Å²) < 4.78 is 38.8. The lowest BCUT2D eigenvalue weighted by Gasteiger charge is -2.18. The number of allylic oxidation sites excluding steroid dienone is 1. The molecule has 2 aliphatic heterocycles. The number of aliphatic hydroxyl groups excluding tert-OH is 1. The molecule has 2 N–H and O–H groups in total. The lowest BCUT2D eigenvalue weighted by Crippen LogP contribution is -2.37. The van der Waals surface area contributed by atoms with Gasteiger partial charge in [0.05, 0.1) is 39.4 Å². The van der Waals surface area contributed by atoms with Crippen molar-refractivity contribution < 1.29 is 32.7 Å². The maximum atomic E-state index is 13.7. The van der Waals surface area contributed by atoms with Crippen molar-refractivity contribution in [3.05, 3.63) is 93.9 Å². The number of aromatic nitrogens is 2. The Kier molecular flexibility index (Phi) is 6.37.